The third-order valence-corrected chi connectivity index (χ3v) is 16.5. The summed E-state index contributed by atoms with van der Waals surface area (Å²) in [7, 11) is -0.819. The lowest BCUT2D eigenvalue weighted by Gasteiger charge is -2.44. The summed E-state index contributed by atoms with van der Waals surface area (Å²) in [5, 5.41) is 14.2. The van der Waals surface area contributed by atoms with Crippen LogP contribution in [0.1, 0.15) is 77.6 Å². The van der Waals surface area contributed by atoms with Gasteiger partial charge in [-0.15, -0.1) is 0 Å². The van der Waals surface area contributed by atoms with Crippen LogP contribution in [0.25, 0.3) is 22.1 Å². The van der Waals surface area contributed by atoms with E-state index in [1.54, 1.807) is 12.4 Å². The predicted octanol–water partition coefficient (Wildman–Crippen LogP) is 8.35. The van der Waals surface area contributed by atoms with Gasteiger partial charge in [0.25, 0.3) is 0 Å². The number of hydrogen-bond acceptors (Lipinski definition) is 5. The molecule has 0 amide bonds. The molecule has 0 aliphatic rings. The number of methoxy groups -OCH3 is 1. The normalized spacial score (nSPS) is 13.9. The molecule has 0 saturated heterocycles. The number of imidazole rings is 1. The van der Waals surface area contributed by atoms with Gasteiger partial charge in [0.05, 0.1) is 31.2 Å². The van der Waals surface area contributed by atoms with Crippen LogP contribution in [0, 0.1) is 5.82 Å². The summed E-state index contributed by atoms with van der Waals surface area (Å²) in [6.07, 6.45) is 1.59. The number of aliphatic hydroxyl groups excluding tert-OH is 1. The number of para-hydroxylation sites is 2. The number of H-pyrrole nitrogens is 2. The van der Waals surface area contributed by atoms with E-state index in [1.807, 2.05) is 31.2 Å². The Labute approximate surface area is 257 Å². The first-order valence-electron chi connectivity index (χ1n) is 14.7. The Bertz CT molecular complexity index is 1710. The van der Waals surface area contributed by atoms with Gasteiger partial charge in [-0.25, -0.2) is 14.4 Å². The van der Waals surface area contributed by atoms with Crippen LogP contribution < -0.4 is 14.7 Å². The molecule has 0 saturated carbocycles. The minimum absolute atomic E-state index is 0.0679. The van der Waals surface area contributed by atoms with Crippen LogP contribution >= 0.6 is 11.6 Å². The summed E-state index contributed by atoms with van der Waals surface area (Å²) >= 11 is 6.98. The fourth-order valence-electron chi connectivity index (χ4n) is 7.19. The van der Waals surface area contributed by atoms with E-state index >= 15 is 4.39 Å². The molecule has 228 valence electrons. The number of rotatable bonds is 10. The molecule has 10 heteroatoms. The quantitative estimate of drug-likeness (QED) is 0.136. The van der Waals surface area contributed by atoms with Crippen LogP contribution in [0.3, 0.4) is 0 Å². The Morgan fingerprint density at radius 1 is 0.953 bits per heavy atom. The SMILES string of the molecule is COc1cc(C(O)c2c[nH]c3ncc(Cl)c([Si](C(C)C)(C(C)C)C(C)C)c23)c(F)cc1OC(C)c1nc2ccccc2[nH]1. The van der Waals surface area contributed by atoms with Gasteiger partial charge < -0.3 is 24.5 Å². The van der Waals surface area contributed by atoms with Gasteiger partial charge in [-0.1, -0.05) is 65.3 Å². The van der Waals surface area contributed by atoms with E-state index in [0.29, 0.717) is 44.4 Å². The lowest BCUT2D eigenvalue weighted by atomic mass is 10.0. The number of aromatic amines is 2. The van der Waals surface area contributed by atoms with Gasteiger partial charge in [-0.05, 0) is 46.9 Å². The van der Waals surface area contributed by atoms with Crippen molar-refractivity contribution in [3.8, 4) is 11.5 Å². The lowest BCUT2D eigenvalue weighted by molar-refractivity contribution is 0.201. The zero-order valence-corrected chi connectivity index (χ0v) is 27.7. The summed E-state index contributed by atoms with van der Waals surface area (Å²) in [6.45, 7) is 15.4. The Morgan fingerprint density at radius 2 is 1.63 bits per heavy atom. The molecule has 43 heavy (non-hydrogen) atoms. The first-order chi connectivity index (χ1) is 20.4. The molecule has 5 aromatic rings. The molecule has 0 radical (unpaired) electrons. The van der Waals surface area contributed by atoms with Gasteiger partial charge in [0, 0.05) is 35.0 Å². The highest BCUT2D eigenvalue weighted by Crippen LogP contribution is 2.45. The summed E-state index contributed by atoms with van der Waals surface area (Å²) in [5.74, 6) is 0.492. The third-order valence-electron chi connectivity index (χ3n) is 8.95. The number of nitrogens with one attached hydrogen (secondary N) is 2. The van der Waals surface area contributed by atoms with E-state index in [4.69, 9.17) is 21.1 Å². The third kappa shape index (κ3) is 5.21. The number of hydrogen-bond donors (Lipinski definition) is 3. The predicted molar refractivity (Wildman–Crippen MR) is 174 cm³/mol. The van der Waals surface area contributed by atoms with E-state index in [9.17, 15) is 5.11 Å². The molecule has 2 atom stereocenters. The standard InChI is InChI=1S/C33H40ClFN4O3Si/c1-17(2)43(18(3)4,19(5)6)31-23(34)16-37-33-29(31)22(15-36-33)30(40)21-13-27(41-8)28(14-24(21)35)42-20(7)32-38-25-11-9-10-12-26(25)39-32/h9-20,30,40H,1-8H3,(H,36,37)(H,38,39). The highest BCUT2D eigenvalue weighted by molar-refractivity contribution is 6.97. The van der Waals surface area contributed by atoms with Crippen molar-refractivity contribution in [2.24, 2.45) is 0 Å². The minimum atomic E-state index is -2.31. The Balaban J connectivity index is 1.58. The largest absolute Gasteiger partial charge is 0.493 e. The van der Waals surface area contributed by atoms with E-state index < -0.39 is 26.1 Å². The zero-order valence-electron chi connectivity index (χ0n) is 25.9. The fourth-order valence-corrected chi connectivity index (χ4v) is 14.7. The number of benzene rings is 2. The van der Waals surface area contributed by atoms with Crippen LogP contribution in [0.2, 0.25) is 21.6 Å². The average Bonchev–Trinajstić information content (AvgIpc) is 3.58. The van der Waals surface area contributed by atoms with Gasteiger partial charge in [0.15, 0.2) is 17.6 Å². The van der Waals surface area contributed by atoms with Gasteiger partial charge in [-0.3, -0.25) is 0 Å². The maximum absolute atomic E-state index is 15.9. The number of aliphatic hydroxyl groups is 1. The summed E-state index contributed by atoms with van der Waals surface area (Å²) in [5.41, 5.74) is 4.00. The van der Waals surface area contributed by atoms with Gasteiger partial charge in [0.1, 0.15) is 23.4 Å². The molecule has 3 N–H and O–H groups in total. The molecule has 0 aliphatic heterocycles. The zero-order chi connectivity index (χ0) is 31.2. The van der Waals surface area contributed by atoms with Crippen molar-refractivity contribution in [2.75, 3.05) is 7.11 Å². The molecule has 7 nitrogen and oxygen atoms in total. The number of ether oxygens (including phenoxy) is 2. The summed E-state index contributed by atoms with van der Waals surface area (Å²) < 4.78 is 27.6. The number of fused-ring (bicyclic) bond motifs is 2. The fraction of sp³-hybridized carbons (Fsp3) is 0.394. The van der Waals surface area contributed by atoms with E-state index in [-0.39, 0.29) is 11.3 Å². The summed E-state index contributed by atoms with van der Waals surface area (Å²) in [4.78, 5) is 15.6. The Morgan fingerprint density at radius 3 is 2.26 bits per heavy atom. The molecule has 3 aromatic heterocycles. The minimum Gasteiger partial charge on any atom is -0.493 e. The van der Waals surface area contributed by atoms with Crippen LogP contribution in [-0.2, 0) is 0 Å². The Kier molecular flexibility index (Phi) is 8.62. The van der Waals surface area contributed by atoms with Crippen molar-refractivity contribution >= 4 is 46.9 Å². The van der Waals surface area contributed by atoms with Gasteiger partial charge >= 0.3 is 0 Å². The van der Waals surface area contributed by atoms with Crippen molar-refractivity contribution in [2.45, 2.75) is 77.3 Å². The van der Waals surface area contributed by atoms with Crippen molar-refractivity contribution < 1.29 is 19.0 Å². The highest BCUT2D eigenvalue weighted by atomic mass is 35.5. The first-order valence-corrected chi connectivity index (χ1v) is 17.3. The molecular weight excluding hydrogens is 583 g/mol. The molecule has 5 rings (SSSR count). The molecule has 2 unspecified atom stereocenters. The smallest absolute Gasteiger partial charge is 0.165 e. The van der Waals surface area contributed by atoms with Crippen LogP contribution in [0.5, 0.6) is 11.5 Å². The molecule has 0 bridgehead atoms. The second-order valence-corrected chi connectivity index (χ2v) is 18.4. The number of nitrogens with zero attached hydrogens (tertiary/aromatic N) is 2. The van der Waals surface area contributed by atoms with Crippen molar-refractivity contribution in [1.29, 1.82) is 0 Å². The van der Waals surface area contributed by atoms with E-state index in [2.05, 4.69) is 61.5 Å². The van der Waals surface area contributed by atoms with E-state index in [1.165, 1.54) is 19.2 Å². The molecule has 0 spiro atoms. The molecule has 0 fully saturated rings. The van der Waals surface area contributed by atoms with Crippen molar-refractivity contribution in [3.63, 3.8) is 0 Å². The Hall–Kier alpha value is -3.40. The molecule has 3 heterocycles. The maximum atomic E-state index is 15.9. The van der Waals surface area contributed by atoms with Crippen LogP contribution in [0.4, 0.5) is 4.39 Å². The molecule has 2 aromatic carbocycles. The topological polar surface area (TPSA) is 96.1 Å². The lowest BCUT2D eigenvalue weighted by Crippen LogP contribution is -2.56. The number of halogens is 2. The van der Waals surface area contributed by atoms with Crippen molar-refractivity contribution in [3.05, 3.63) is 76.6 Å². The van der Waals surface area contributed by atoms with Crippen molar-refractivity contribution in [1.82, 2.24) is 19.9 Å². The average molecular weight is 623 g/mol. The maximum Gasteiger partial charge on any atom is 0.165 e. The second kappa shape index (κ2) is 11.9. The monoisotopic (exact) mass is 622 g/mol. The molecule has 0 aliphatic carbocycles. The first kappa shape index (κ1) is 31.0. The van der Waals surface area contributed by atoms with Crippen LogP contribution in [0.15, 0.2) is 48.8 Å². The number of aromatic nitrogens is 4. The number of pyridine rings is 1. The summed E-state index contributed by atoms with van der Waals surface area (Å²) in [6, 6.07) is 10.4. The van der Waals surface area contributed by atoms with Gasteiger partial charge in [-0.2, -0.15) is 0 Å². The second-order valence-electron chi connectivity index (χ2n) is 12.2. The molecular formula is C33H40ClFN4O3Si. The van der Waals surface area contributed by atoms with Gasteiger partial charge in [0.2, 0.25) is 0 Å². The van der Waals surface area contributed by atoms with Crippen LogP contribution in [-0.4, -0.2) is 40.2 Å². The van der Waals surface area contributed by atoms with E-state index in [0.717, 1.165) is 21.6 Å². The highest BCUT2D eigenvalue weighted by Gasteiger charge is 2.47.